The van der Waals surface area contributed by atoms with Crippen LogP contribution in [0.15, 0.2) is 34.9 Å². The number of benzene rings is 1. The van der Waals surface area contributed by atoms with Crippen LogP contribution in [-0.4, -0.2) is 52.3 Å². The van der Waals surface area contributed by atoms with Gasteiger partial charge in [-0.1, -0.05) is 30.5 Å². The van der Waals surface area contributed by atoms with Gasteiger partial charge in [0.15, 0.2) is 0 Å². The van der Waals surface area contributed by atoms with Crippen LogP contribution in [0.25, 0.3) is 22.4 Å². The molecule has 3 aromatic rings. The highest BCUT2D eigenvalue weighted by Gasteiger charge is 2.29. The van der Waals surface area contributed by atoms with Crippen LogP contribution in [0.4, 0.5) is 4.79 Å². The van der Waals surface area contributed by atoms with Crippen molar-refractivity contribution < 1.29 is 14.1 Å². The van der Waals surface area contributed by atoms with Gasteiger partial charge in [0.25, 0.3) is 0 Å². The second-order valence-corrected chi connectivity index (χ2v) is 8.76. The molecule has 2 aliphatic rings. The van der Waals surface area contributed by atoms with E-state index in [1.54, 1.807) is 7.11 Å². The molecule has 1 N–H and O–H groups in total. The molecule has 1 saturated heterocycles. The molecule has 168 valence electrons. The summed E-state index contributed by atoms with van der Waals surface area (Å²) in [5.74, 6) is 2.09. The molecule has 1 aliphatic carbocycles. The minimum atomic E-state index is 0.0681. The summed E-state index contributed by atoms with van der Waals surface area (Å²) in [7, 11) is 1.65. The maximum absolute atomic E-state index is 12.6. The first-order chi connectivity index (χ1) is 15.7. The van der Waals surface area contributed by atoms with Gasteiger partial charge in [0.05, 0.1) is 12.6 Å². The third-order valence-electron chi connectivity index (χ3n) is 6.63. The molecule has 2 amide bonds. The SMILES string of the molecule is COc1ccc2nc(-c3noc(C4CCN(C(=O)NC5CCCCC5)CC4)n3)ccc2c1. The van der Waals surface area contributed by atoms with Crippen LogP contribution in [0.2, 0.25) is 0 Å². The van der Waals surface area contributed by atoms with Gasteiger partial charge in [-0.15, -0.1) is 0 Å². The van der Waals surface area contributed by atoms with E-state index >= 15 is 0 Å². The molecule has 0 atom stereocenters. The lowest BCUT2D eigenvalue weighted by Gasteiger charge is -2.32. The van der Waals surface area contributed by atoms with Crippen molar-refractivity contribution in [2.75, 3.05) is 20.2 Å². The molecule has 1 aromatic carbocycles. The van der Waals surface area contributed by atoms with E-state index in [2.05, 4.69) is 20.4 Å². The van der Waals surface area contributed by atoms with Crippen molar-refractivity contribution in [2.24, 2.45) is 0 Å². The number of amides is 2. The quantitative estimate of drug-likeness (QED) is 0.648. The Morgan fingerprint density at radius 1 is 1.06 bits per heavy atom. The predicted molar refractivity (Wildman–Crippen MR) is 121 cm³/mol. The zero-order chi connectivity index (χ0) is 21.9. The van der Waals surface area contributed by atoms with Gasteiger partial charge < -0.3 is 19.5 Å². The Labute approximate surface area is 187 Å². The van der Waals surface area contributed by atoms with Crippen molar-refractivity contribution in [1.82, 2.24) is 25.3 Å². The first-order valence-corrected chi connectivity index (χ1v) is 11.5. The highest BCUT2D eigenvalue weighted by Crippen LogP contribution is 2.29. The average Bonchev–Trinajstić information content (AvgIpc) is 3.34. The molecule has 32 heavy (non-hydrogen) atoms. The lowest BCUT2D eigenvalue weighted by atomic mass is 9.95. The highest BCUT2D eigenvalue weighted by atomic mass is 16.5. The number of ether oxygens (including phenoxy) is 1. The summed E-state index contributed by atoms with van der Waals surface area (Å²) in [6.45, 7) is 1.41. The molecule has 5 rings (SSSR count). The van der Waals surface area contributed by atoms with E-state index < -0.39 is 0 Å². The summed E-state index contributed by atoms with van der Waals surface area (Å²) in [6, 6.07) is 10.0. The number of pyridine rings is 1. The summed E-state index contributed by atoms with van der Waals surface area (Å²) < 4.78 is 10.9. The number of urea groups is 1. The molecule has 1 saturated carbocycles. The van der Waals surface area contributed by atoms with Crippen LogP contribution in [0.1, 0.15) is 56.8 Å². The number of likely N-dealkylation sites (tertiary alicyclic amines) is 1. The average molecular weight is 436 g/mol. The summed E-state index contributed by atoms with van der Waals surface area (Å²) >= 11 is 0. The number of fused-ring (bicyclic) bond motifs is 1. The largest absolute Gasteiger partial charge is 0.497 e. The molecule has 1 aliphatic heterocycles. The van der Waals surface area contributed by atoms with Gasteiger partial charge in [0.1, 0.15) is 11.4 Å². The normalized spacial score (nSPS) is 18.1. The first-order valence-electron chi connectivity index (χ1n) is 11.5. The number of hydrogen-bond donors (Lipinski definition) is 1. The molecular weight excluding hydrogens is 406 g/mol. The summed E-state index contributed by atoms with van der Waals surface area (Å²) in [5, 5.41) is 8.37. The molecule has 8 heteroatoms. The molecule has 3 heterocycles. The fourth-order valence-electron chi connectivity index (χ4n) is 4.70. The minimum Gasteiger partial charge on any atom is -0.497 e. The Hall–Kier alpha value is -3.16. The third-order valence-corrected chi connectivity index (χ3v) is 6.63. The van der Waals surface area contributed by atoms with Crippen LogP contribution in [0, 0.1) is 0 Å². The van der Waals surface area contributed by atoms with E-state index in [-0.39, 0.29) is 11.9 Å². The van der Waals surface area contributed by atoms with Crippen LogP contribution in [0.3, 0.4) is 0 Å². The molecule has 0 unspecified atom stereocenters. The number of nitrogens with zero attached hydrogens (tertiary/aromatic N) is 4. The Morgan fingerprint density at radius 3 is 2.66 bits per heavy atom. The van der Waals surface area contributed by atoms with Crippen molar-refractivity contribution in [3.05, 3.63) is 36.2 Å². The van der Waals surface area contributed by atoms with E-state index in [9.17, 15) is 4.79 Å². The van der Waals surface area contributed by atoms with E-state index in [4.69, 9.17) is 9.26 Å². The van der Waals surface area contributed by atoms with E-state index in [0.29, 0.717) is 36.5 Å². The Bertz CT molecular complexity index is 1080. The van der Waals surface area contributed by atoms with Crippen LogP contribution in [0.5, 0.6) is 5.75 Å². The third kappa shape index (κ3) is 4.40. The van der Waals surface area contributed by atoms with Crippen molar-refractivity contribution in [1.29, 1.82) is 0 Å². The van der Waals surface area contributed by atoms with Gasteiger partial charge in [0, 0.05) is 30.4 Å². The Morgan fingerprint density at radius 2 is 1.88 bits per heavy atom. The number of methoxy groups -OCH3 is 1. The second-order valence-electron chi connectivity index (χ2n) is 8.76. The maximum atomic E-state index is 12.6. The molecule has 0 radical (unpaired) electrons. The van der Waals surface area contributed by atoms with Crippen molar-refractivity contribution in [2.45, 2.75) is 56.9 Å². The van der Waals surface area contributed by atoms with Crippen LogP contribution < -0.4 is 10.1 Å². The zero-order valence-electron chi connectivity index (χ0n) is 18.4. The van der Waals surface area contributed by atoms with Gasteiger partial charge in [-0.25, -0.2) is 9.78 Å². The molecule has 0 bridgehead atoms. The molecule has 0 spiro atoms. The lowest BCUT2D eigenvalue weighted by Crippen LogP contribution is -2.48. The number of aromatic nitrogens is 3. The molecule has 8 nitrogen and oxygen atoms in total. The van der Waals surface area contributed by atoms with Gasteiger partial charge >= 0.3 is 6.03 Å². The Balaban J connectivity index is 1.21. The van der Waals surface area contributed by atoms with E-state index in [1.165, 1.54) is 19.3 Å². The predicted octanol–water partition coefficient (Wildman–Crippen LogP) is 4.52. The van der Waals surface area contributed by atoms with Gasteiger partial charge in [-0.05, 0) is 49.9 Å². The maximum Gasteiger partial charge on any atom is 0.317 e. The fraction of sp³-hybridized carbons (Fsp3) is 0.500. The lowest BCUT2D eigenvalue weighted by molar-refractivity contribution is 0.169. The van der Waals surface area contributed by atoms with Gasteiger partial charge in [-0.3, -0.25) is 0 Å². The summed E-state index contributed by atoms with van der Waals surface area (Å²) in [5.41, 5.74) is 1.54. The monoisotopic (exact) mass is 435 g/mol. The minimum absolute atomic E-state index is 0.0681. The van der Waals surface area contributed by atoms with Gasteiger partial charge in [0.2, 0.25) is 11.7 Å². The van der Waals surface area contributed by atoms with Crippen molar-refractivity contribution in [3.63, 3.8) is 0 Å². The number of hydrogen-bond acceptors (Lipinski definition) is 6. The Kier molecular flexibility index (Phi) is 5.92. The van der Waals surface area contributed by atoms with Crippen molar-refractivity contribution >= 4 is 16.9 Å². The molecule has 2 aromatic heterocycles. The van der Waals surface area contributed by atoms with Crippen LogP contribution in [-0.2, 0) is 0 Å². The van der Waals surface area contributed by atoms with Gasteiger partial charge in [-0.2, -0.15) is 4.98 Å². The number of piperidine rings is 1. The zero-order valence-corrected chi connectivity index (χ0v) is 18.4. The highest BCUT2D eigenvalue weighted by molar-refractivity contribution is 5.82. The van der Waals surface area contributed by atoms with E-state index in [1.807, 2.05) is 35.2 Å². The topological polar surface area (TPSA) is 93.4 Å². The first kappa shape index (κ1) is 20.7. The molecule has 2 fully saturated rings. The number of carbonyl (C=O) groups excluding carboxylic acids is 1. The van der Waals surface area contributed by atoms with Crippen molar-refractivity contribution in [3.8, 4) is 17.3 Å². The standard InChI is InChI=1S/C24H29N5O3/c1-31-19-8-10-20-17(15-19)7-9-21(26-20)22-27-23(32-28-22)16-11-13-29(14-12-16)24(30)25-18-5-3-2-4-6-18/h7-10,15-16,18H,2-6,11-14H2,1H3,(H,25,30). The second kappa shape index (κ2) is 9.14. The molecular formula is C24H29N5O3. The number of nitrogens with one attached hydrogen (secondary N) is 1. The summed E-state index contributed by atoms with van der Waals surface area (Å²) in [4.78, 5) is 23.8. The van der Waals surface area contributed by atoms with Crippen LogP contribution >= 0.6 is 0 Å². The smallest absolute Gasteiger partial charge is 0.317 e. The summed E-state index contributed by atoms with van der Waals surface area (Å²) in [6.07, 6.45) is 7.56. The fourth-order valence-corrected chi connectivity index (χ4v) is 4.70. The number of carbonyl (C=O) groups is 1. The number of rotatable bonds is 4. The van der Waals surface area contributed by atoms with E-state index in [0.717, 1.165) is 42.3 Å².